The molecule has 0 aliphatic heterocycles. The molecular weight excluding hydrogens is 644 g/mol. The van der Waals surface area contributed by atoms with Gasteiger partial charge in [0.1, 0.15) is 23.6 Å². The fourth-order valence-corrected chi connectivity index (χ4v) is 5.28. The van der Waals surface area contributed by atoms with E-state index in [9.17, 15) is 39.6 Å². The average Bonchev–Trinajstić information content (AvgIpc) is 3.07. The number of guanidine groups is 1. The first-order valence-corrected chi connectivity index (χ1v) is 16.4. The van der Waals surface area contributed by atoms with Gasteiger partial charge in [-0.3, -0.25) is 30.8 Å². The Morgan fingerprint density at radius 2 is 1.28 bits per heavy atom. The van der Waals surface area contributed by atoms with Crippen LogP contribution in [0.3, 0.4) is 0 Å². The molecule has 0 radical (unpaired) electrons. The molecule has 50 heavy (non-hydrogen) atoms. The maximum atomic E-state index is 13.7. The third kappa shape index (κ3) is 14.2. The summed E-state index contributed by atoms with van der Waals surface area (Å²) in [5, 5.41) is 48.0. The average molecular weight is 692 g/mol. The van der Waals surface area contributed by atoms with Gasteiger partial charge in [-0.1, -0.05) is 54.6 Å². The first-order chi connectivity index (χ1) is 23.9. The molecule has 3 amide bonds. The Hall–Kier alpha value is -5.63. The van der Waals surface area contributed by atoms with Crippen LogP contribution in [-0.4, -0.2) is 80.9 Å². The van der Waals surface area contributed by atoms with E-state index in [-0.39, 0.29) is 49.0 Å². The number of phenolic OH excluding ortho intramolecular Hbond substituents is 2. The second kappa shape index (κ2) is 20.0. The molecular formula is C36H47N6O8+. The van der Waals surface area contributed by atoms with E-state index in [4.69, 9.17) is 11.5 Å². The number of aliphatic hydroxyl groups is 1. The van der Waals surface area contributed by atoms with Crippen LogP contribution in [0.1, 0.15) is 48.8 Å². The zero-order valence-corrected chi connectivity index (χ0v) is 27.8. The number of nitrogens with two attached hydrogens (primary N) is 2. The van der Waals surface area contributed by atoms with Gasteiger partial charge in [-0.05, 0) is 73.1 Å². The van der Waals surface area contributed by atoms with Gasteiger partial charge >= 0.3 is 11.9 Å². The molecule has 14 heteroatoms. The minimum absolute atomic E-state index is 0.0156. The standard InChI is InChI=1S/C36H46N6O8/c37-36(38)39-19-5-9-28(40-32(46)10-4-8-23-11-15-26(43)16-12-23)34(48)42-29(20-24-6-2-1-3-7-24)31(45)22-33(47)41-30(35(49)50)21-25-13-17-27(44)18-14-25/h1-3,6-7,11-18,28-31,43-45H,4-5,8-10,19-22H2,(H,40,46)(H,41,47)(H,42,48)(H,49,50)(H4,37,38,39)/p+1/t28-,29+,30+,31+/m1/s1. The van der Waals surface area contributed by atoms with Crippen LogP contribution in [0.4, 0.5) is 0 Å². The topological polar surface area (TPSA) is 251 Å². The summed E-state index contributed by atoms with van der Waals surface area (Å²) in [6, 6.07) is 18.3. The molecule has 3 aromatic carbocycles. The quantitative estimate of drug-likeness (QED) is 0.0406. The van der Waals surface area contributed by atoms with E-state index < -0.39 is 48.4 Å². The van der Waals surface area contributed by atoms with E-state index in [1.807, 2.05) is 6.07 Å². The van der Waals surface area contributed by atoms with E-state index in [0.717, 1.165) is 11.1 Å². The van der Waals surface area contributed by atoms with Crippen LogP contribution in [0.5, 0.6) is 11.5 Å². The number of hydrogen-bond acceptors (Lipinski definition) is 7. The summed E-state index contributed by atoms with van der Waals surface area (Å²) in [7, 11) is 0. The molecule has 3 rings (SSSR count). The van der Waals surface area contributed by atoms with Gasteiger partial charge in [0.2, 0.25) is 17.7 Å². The van der Waals surface area contributed by atoms with Gasteiger partial charge < -0.3 is 36.4 Å². The first-order valence-electron chi connectivity index (χ1n) is 16.4. The number of aliphatic carboxylic acids is 1. The minimum atomic E-state index is -1.42. The van der Waals surface area contributed by atoms with Gasteiger partial charge in [-0.25, -0.2) is 4.79 Å². The van der Waals surface area contributed by atoms with Crippen molar-refractivity contribution >= 4 is 29.7 Å². The van der Waals surface area contributed by atoms with Crippen molar-refractivity contribution in [2.24, 2.45) is 11.5 Å². The lowest BCUT2D eigenvalue weighted by Gasteiger charge is -2.27. The maximum absolute atomic E-state index is 13.7. The summed E-state index contributed by atoms with van der Waals surface area (Å²) in [5.74, 6) is -2.76. The fraction of sp³-hybridized carbons (Fsp3) is 0.361. The molecule has 4 atom stereocenters. The molecule has 0 unspecified atom stereocenters. The number of amides is 3. The monoisotopic (exact) mass is 691 g/mol. The lowest BCUT2D eigenvalue weighted by atomic mass is 9.97. The van der Waals surface area contributed by atoms with Crippen molar-refractivity contribution < 1.29 is 44.6 Å². The number of carbonyl (C=O) groups excluding carboxylic acids is 3. The van der Waals surface area contributed by atoms with Crippen LogP contribution in [0, 0.1) is 0 Å². The zero-order valence-electron chi connectivity index (χ0n) is 27.8. The Labute approximate surface area is 290 Å². The Morgan fingerprint density at radius 1 is 0.700 bits per heavy atom. The number of aliphatic hydroxyl groups excluding tert-OH is 1. The predicted molar refractivity (Wildman–Crippen MR) is 185 cm³/mol. The molecule has 3 aromatic rings. The number of carboxylic acids is 1. The molecule has 0 heterocycles. The van der Waals surface area contributed by atoms with E-state index in [1.54, 1.807) is 60.7 Å². The van der Waals surface area contributed by atoms with Crippen molar-refractivity contribution in [2.45, 2.75) is 75.6 Å². The van der Waals surface area contributed by atoms with Gasteiger partial charge in [0.25, 0.3) is 0 Å². The van der Waals surface area contributed by atoms with Gasteiger partial charge in [0.05, 0.1) is 25.1 Å². The molecule has 0 bridgehead atoms. The number of carboxylic acid groups (broad SMARTS) is 1. The van der Waals surface area contributed by atoms with E-state index in [0.29, 0.717) is 31.4 Å². The summed E-state index contributed by atoms with van der Waals surface area (Å²) in [6.45, 7) is 0.341. The third-order valence-corrected chi connectivity index (χ3v) is 7.95. The van der Waals surface area contributed by atoms with Crippen molar-refractivity contribution in [3.8, 4) is 11.5 Å². The number of aryl methyl sites for hydroxylation is 1. The summed E-state index contributed by atoms with van der Waals surface area (Å²) in [4.78, 5) is 54.3. The number of hydrogen-bond donors (Lipinski definition) is 10. The molecule has 0 spiro atoms. The van der Waals surface area contributed by atoms with Crippen molar-refractivity contribution in [3.05, 3.63) is 95.6 Å². The number of rotatable bonds is 20. The second-order valence-electron chi connectivity index (χ2n) is 12.1. The van der Waals surface area contributed by atoms with Gasteiger partial charge in [0, 0.05) is 12.8 Å². The molecule has 12 N–H and O–H groups in total. The smallest absolute Gasteiger partial charge is 0.338 e. The number of nitrogens with one attached hydrogen (secondary N) is 4. The number of carbonyl (C=O) groups is 4. The summed E-state index contributed by atoms with van der Waals surface area (Å²) >= 11 is 0. The summed E-state index contributed by atoms with van der Waals surface area (Å²) in [6.07, 6.45) is 0.00328. The summed E-state index contributed by atoms with van der Waals surface area (Å²) in [5.41, 5.74) is 13.2. The van der Waals surface area contributed by atoms with E-state index in [2.05, 4.69) is 20.9 Å². The van der Waals surface area contributed by atoms with Crippen molar-refractivity contribution in [1.82, 2.24) is 16.0 Å². The van der Waals surface area contributed by atoms with E-state index >= 15 is 0 Å². The van der Waals surface area contributed by atoms with Crippen molar-refractivity contribution in [2.75, 3.05) is 6.54 Å². The highest BCUT2D eigenvalue weighted by molar-refractivity contribution is 5.88. The minimum Gasteiger partial charge on any atom is -0.508 e. The Kier molecular flexibility index (Phi) is 15.5. The zero-order chi connectivity index (χ0) is 36.5. The lowest BCUT2D eigenvalue weighted by Crippen LogP contribution is -2.78. The van der Waals surface area contributed by atoms with Gasteiger partial charge in [0.15, 0.2) is 0 Å². The van der Waals surface area contributed by atoms with Crippen molar-refractivity contribution in [3.63, 3.8) is 0 Å². The molecule has 0 aromatic heterocycles. The maximum Gasteiger partial charge on any atom is 0.338 e. The molecule has 0 aliphatic rings. The van der Waals surface area contributed by atoms with Crippen LogP contribution in [0.2, 0.25) is 0 Å². The Bertz CT molecular complexity index is 1560. The molecule has 0 aliphatic carbocycles. The number of benzene rings is 3. The number of phenols is 2. The van der Waals surface area contributed by atoms with Crippen LogP contribution in [0.25, 0.3) is 0 Å². The molecule has 0 saturated heterocycles. The van der Waals surface area contributed by atoms with Gasteiger partial charge in [-0.2, -0.15) is 0 Å². The largest absolute Gasteiger partial charge is 0.508 e. The Balaban J connectivity index is 1.69. The SMILES string of the molecule is NC(N)=[NH+]CCC[C@@H](NC(=O)CCCc1ccc(O)cc1)C(=O)N[C@@H](Cc1ccccc1)[C@@H](O)CC(=O)N[C@@H](Cc1ccc(O)cc1)C(=O)O. The molecule has 14 nitrogen and oxygen atoms in total. The first kappa shape index (κ1) is 38.8. The highest BCUT2D eigenvalue weighted by Gasteiger charge is 2.30. The lowest BCUT2D eigenvalue weighted by molar-refractivity contribution is -0.459. The van der Waals surface area contributed by atoms with Crippen LogP contribution in [0.15, 0.2) is 78.9 Å². The molecule has 0 fully saturated rings. The second-order valence-corrected chi connectivity index (χ2v) is 12.1. The predicted octanol–water partition coefficient (Wildman–Crippen LogP) is -0.670. The normalized spacial score (nSPS) is 13.2. The van der Waals surface area contributed by atoms with Crippen LogP contribution >= 0.6 is 0 Å². The highest BCUT2D eigenvalue weighted by Crippen LogP contribution is 2.14. The highest BCUT2D eigenvalue weighted by atomic mass is 16.4. The molecule has 0 saturated carbocycles. The third-order valence-electron chi connectivity index (χ3n) is 7.95. The number of aromatic hydroxyl groups is 2. The molecule has 268 valence electrons. The van der Waals surface area contributed by atoms with Crippen LogP contribution in [-0.2, 0) is 38.4 Å². The fourth-order valence-electron chi connectivity index (χ4n) is 5.28. The van der Waals surface area contributed by atoms with Gasteiger partial charge in [-0.15, -0.1) is 0 Å². The van der Waals surface area contributed by atoms with E-state index in [1.165, 1.54) is 12.1 Å². The Morgan fingerprint density at radius 3 is 1.88 bits per heavy atom. The van der Waals surface area contributed by atoms with Crippen molar-refractivity contribution in [1.29, 1.82) is 0 Å². The van der Waals surface area contributed by atoms with Crippen LogP contribution < -0.4 is 32.4 Å². The summed E-state index contributed by atoms with van der Waals surface area (Å²) < 4.78 is 0.